The van der Waals surface area contributed by atoms with Crippen molar-refractivity contribution in [3.8, 4) is 23.0 Å². The fraction of sp³-hybridized carbons (Fsp3) is 0.222. The minimum absolute atomic E-state index is 0.113. The SMILES string of the molecule is COc1cccc(OCc2nnc(COc3ccccc3)o2)c1OC. The Morgan fingerprint density at radius 1 is 0.760 bits per heavy atom. The molecule has 7 nitrogen and oxygen atoms in total. The highest BCUT2D eigenvalue weighted by atomic mass is 16.5. The first kappa shape index (κ1) is 16.6. The second-order valence-electron chi connectivity index (χ2n) is 4.97. The second kappa shape index (κ2) is 8.05. The highest BCUT2D eigenvalue weighted by molar-refractivity contribution is 5.50. The lowest BCUT2D eigenvalue weighted by atomic mass is 10.3. The Balaban J connectivity index is 1.59. The zero-order valence-electron chi connectivity index (χ0n) is 14.0. The quantitative estimate of drug-likeness (QED) is 0.622. The third-order valence-corrected chi connectivity index (χ3v) is 3.33. The monoisotopic (exact) mass is 342 g/mol. The molecule has 7 heteroatoms. The highest BCUT2D eigenvalue weighted by Crippen LogP contribution is 2.36. The molecule has 3 aromatic rings. The van der Waals surface area contributed by atoms with Crippen molar-refractivity contribution in [2.24, 2.45) is 0 Å². The van der Waals surface area contributed by atoms with Crippen LogP contribution in [-0.2, 0) is 13.2 Å². The molecule has 2 aromatic carbocycles. The van der Waals surface area contributed by atoms with E-state index in [0.717, 1.165) is 5.75 Å². The van der Waals surface area contributed by atoms with Crippen LogP contribution < -0.4 is 18.9 Å². The molecule has 0 atom stereocenters. The van der Waals surface area contributed by atoms with Gasteiger partial charge in [-0.2, -0.15) is 0 Å². The van der Waals surface area contributed by atoms with Crippen molar-refractivity contribution >= 4 is 0 Å². The second-order valence-corrected chi connectivity index (χ2v) is 4.97. The molecule has 3 rings (SSSR count). The third kappa shape index (κ3) is 4.20. The summed E-state index contributed by atoms with van der Waals surface area (Å²) in [6, 6.07) is 14.8. The fourth-order valence-corrected chi connectivity index (χ4v) is 2.18. The molecule has 0 aliphatic carbocycles. The van der Waals surface area contributed by atoms with Crippen molar-refractivity contribution in [3.05, 3.63) is 60.3 Å². The summed E-state index contributed by atoms with van der Waals surface area (Å²) in [7, 11) is 3.12. The molecule has 130 valence electrons. The summed E-state index contributed by atoms with van der Waals surface area (Å²) in [5.74, 6) is 3.08. The summed E-state index contributed by atoms with van der Waals surface area (Å²) < 4.78 is 27.3. The third-order valence-electron chi connectivity index (χ3n) is 3.33. The molecule has 0 saturated carbocycles. The maximum Gasteiger partial charge on any atom is 0.254 e. The molecule has 0 aliphatic rings. The Kier molecular flexibility index (Phi) is 5.36. The summed E-state index contributed by atoms with van der Waals surface area (Å²) in [4.78, 5) is 0. The predicted molar refractivity (Wildman–Crippen MR) is 89.0 cm³/mol. The molecule has 0 radical (unpaired) electrons. The molecule has 0 unspecified atom stereocenters. The molecule has 0 spiro atoms. The van der Waals surface area contributed by atoms with Crippen LogP contribution in [0, 0.1) is 0 Å². The zero-order chi connectivity index (χ0) is 17.5. The van der Waals surface area contributed by atoms with E-state index in [1.165, 1.54) is 0 Å². The zero-order valence-corrected chi connectivity index (χ0v) is 14.0. The van der Waals surface area contributed by atoms with E-state index in [2.05, 4.69) is 10.2 Å². The smallest absolute Gasteiger partial charge is 0.254 e. The lowest BCUT2D eigenvalue weighted by molar-refractivity contribution is 0.224. The fourth-order valence-electron chi connectivity index (χ4n) is 2.18. The van der Waals surface area contributed by atoms with Gasteiger partial charge in [0.1, 0.15) is 5.75 Å². The molecule has 1 heterocycles. The van der Waals surface area contributed by atoms with Crippen molar-refractivity contribution in [1.82, 2.24) is 10.2 Å². The standard InChI is InChI=1S/C18H18N2O5/c1-21-14-9-6-10-15(18(14)22-2)24-12-17-20-19-16(25-17)11-23-13-7-4-3-5-8-13/h3-10H,11-12H2,1-2H3. The van der Waals surface area contributed by atoms with Crippen molar-refractivity contribution in [1.29, 1.82) is 0 Å². The summed E-state index contributed by atoms with van der Waals surface area (Å²) >= 11 is 0. The van der Waals surface area contributed by atoms with E-state index < -0.39 is 0 Å². The van der Waals surface area contributed by atoms with Crippen LogP contribution in [0.15, 0.2) is 52.9 Å². The van der Waals surface area contributed by atoms with Gasteiger partial charge in [-0.25, -0.2) is 0 Å². The molecule has 0 fully saturated rings. The van der Waals surface area contributed by atoms with Crippen LogP contribution in [0.4, 0.5) is 0 Å². The number of para-hydroxylation sites is 2. The van der Waals surface area contributed by atoms with E-state index >= 15 is 0 Å². The number of hydrogen-bond donors (Lipinski definition) is 0. The van der Waals surface area contributed by atoms with Gasteiger partial charge >= 0.3 is 0 Å². The molecule has 1 aromatic heterocycles. The van der Waals surface area contributed by atoms with Crippen molar-refractivity contribution < 1.29 is 23.4 Å². The van der Waals surface area contributed by atoms with Crippen LogP contribution >= 0.6 is 0 Å². The van der Waals surface area contributed by atoms with Crippen LogP contribution in [0.3, 0.4) is 0 Å². The van der Waals surface area contributed by atoms with E-state index in [9.17, 15) is 0 Å². The predicted octanol–water partition coefficient (Wildman–Crippen LogP) is 3.24. The molecule has 0 bridgehead atoms. The summed E-state index contributed by atoms with van der Waals surface area (Å²) in [6.07, 6.45) is 0. The number of nitrogens with zero attached hydrogens (tertiary/aromatic N) is 2. The summed E-state index contributed by atoms with van der Waals surface area (Å²) in [5, 5.41) is 7.89. The van der Waals surface area contributed by atoms with E-state index in [4.69, 9.17) is 23.4 Å². The summed E-state index contributed by atoms with van der Waals surface area (Å²) in [5.41, 5.74) is 0. The molecule has 0 saturated heterocycles. The number of rotatable bonds is 8. The lowest BCUT2D eigenvalue weighted by Crippen LogP contribution is -1.99. The van der Waals surface area contributed by atoms with E-state index in [-0.39, 0.29) is 13.2 Å². The average Bonchev–Trinajstić information content (AvgIpc) is 3.13. The van der Waals surface area contributed by atoms with E-state index in [1.54, 1.807) is 26.4 Å². The van der Waals surface area contributed by atoms with Crippen molar-refractivity contribution in [3.63, 3.8) is 0 Å². The Morgan fingerprint density at radius 2 is 1.44 bits per heavy atom. The van der Waals surface area contributed by atoms with Crippen LogP contribution in [0.1, 0.15) is 11.8 Å². The van der Waals surface area contributed by atoms with E-state index in [0.29, 0.717) is 29.0 Å². The maximum atomic E-state index is 5.69. The molecular formula is C18H18N2O5. The van der Waals surface area contributed by atoms with Crippen molar-refractivity contribution in [2.45, 2.75) is 13.2 Å². The highest BCUT2D eigenvalue weighted by Gasteiger charge is 2.13. The Morgan fingerprint density at radius 3 is 2.12 bits per heavy atom. The molecular weight excluding hydrogens is 324 g/mol. The van der Waals surface area contributed by atoms with Gasteiger partial charge in [0.25, 0.3) is 11.8 Å². The van der Waals surface area contributed by atoms with Crippen LogP contribution in [-0.4, -0.2) is 24.4 Å². The van der Waals surface area contributed by atoms with Gasteiger partial charge in [0.05, 0.1) is 14.2 Å². The van der Waals surface area contributed by atoms with Gasteiger partial charge in [-0.15, -0.1) is 10.2 Å². The maximum absolute atomic E-state index is 5.69. The van der Waals surface area contributed by atoms with Gasteiger partial charge in [0, 0.05) is 0 Å². The van der Waals surface area contributed by atoms with Crippen LogP contribution in [0.5, 0.6) is 23.0 Å². The molecule has 0 amide bonds. The average molecular weight is 342 g/mol. The number of methoxy groups -OCH3 is 2. The number of benzene rings is 2. The lowest BCUT2D eigenvalue weighted by Gasteiger charge is -2.12. The van der Waals surface area contributed by atoms with Gasteiger partial charge in [-0.3, -0.25) is 0 Å². The Bertz CT molecular complexity index is 804. The van der Waals surface area contributed by atoms with Crippen LogP contribution in [0.25, 0.3) is 0 Å². The first-order valence-corrected chi connectivity index (χ1v) is 7.63. The normalized spacial score (nSPS) is 10.3. The van der Waals surface area contributed by atoms with E-state index in [1.807, 2.05) is 36.4 Å². The number of aromatic nitrogens is 2. The van der Waals surface area contributed by atoms with Gasteiger partial charge in [-0.05, 0) is 24.3 Å². The first-order chi connectivity index (χ1) is 12.3. The minimum Gasteiger partial charge on any atom is -0.493 e. The van der Waals surface area contributed by atoms with Crippen molar-refractivity contribution in [2.75, 3.05) is 14.2 Å². The van der Waals surface area contributed by atoms with Crippen LogP contribution in [0.2, 0.25) is 0 Å². The molecule has 25 heavy (non-hydrogen) atoms. The van der Waals surface area contributed by atoms with Gasteiger partial charge in [0.2, 0.25) is 5.75 Å². The van der Waals surface area contributed by atoms with Gasteiger partial charge in [-0.1, -0.05) is 24.3 Å². The molecule has 0 N–H and O–H groups in total. The molecule has 0 aliphatic heterocycles. The summed E-state index contributed by atoms with van der Waals surface area (Å²) in [6.45, 7) is 0.307. The van der Waals surface area contributed by atoms with Gasteiger partial charge < -0.3 is 23.4 Å². The largest absolute Gasteiger partial charge is 0.493 e. The van der Waals surface area contributed by atoms with Gasteiger partial charge in [0.15, 0.2) is 24.7 Å². The number of ether oxygens (including phenoxy) is 4. The first-order valence-electron chi connectivity index (χ1n) is 7.63. The Hall–Kier alpha value is -3.22. The number of hydrogen-bond acceptors (Lipinski definition) is 7. The minimum atomic E-state index is 0.113. The Labute approximate surface area is 145 Å². The topological polar surface area (TPSA) is 75.8 Å².